The SMILES string of the molecule is O=C(c1ccc(C2CCCO2)s1)N1CCCN(S(=O)(=O)N2CCCC2)CC1. The van der Waals surface area contributed by atoms with Crippen LogP contribution in [0.15, 0.2) is 12.1 Å². The third-order valence-corrected chi connectivity index (χ3v) is 8.75. The highest BCUT2D eigenvalue weighted by atomic mass is 32.2. The van der Waals surface area contributed by atoms with Gasteiger partial charge in [-0.1, -0.05) is 0 Å². The van der Waals surface area contributed by atoms with Gasteiger partial charge in [0.05, 0.1) is 11.0 Å². The average molecular weight is 414 g/mol. The lowest BCUT2D eigenvalue weighted by Gasteiger charge is -2.26. The number of thiophene rings is 1. The van der Waals surface area contributed by atoms with Crippen LogP contribution in [0.25, 0.3) is 0 Å². The third-order valence-electron chi connectivity index (χ3n) is 5.54. The van der Waals surface area contributed by atoms with E-state index in [4.69, 9.17) is 4.74 Å². The predicted octanol–water partition coefficient (Wildman–Crippen LogP) is 2.09. The Morgan fingerprint density at radius 3 is 2.44 bits per heavy atom. The van der Waals surface area contributed by atoms with E-state index in [9.17, 15) is 13.2 Å². The van der Waals surface area contributed by atoms with Crippen molar-refractivity contribution in [2.45, 2.75) is 38.2 Å². The van der Waals surface area contributed by atoms with E-state index in [-0.39, 0.29) is 12.0 Å². The fraction of sp³-hybridized carbons (Fsp3) is 0.722. The summed E-state index contributed by atoms with van der Waals surface area (Å²) in [5.41, 5.74) is 0. The molecule has 7 nitrogen and oxygen atoms in total. The Balaban J connectivity index is 1.39. The molecule has 27 heavy (non-hydrogen) atoms. The molecule has 150 valence electrons. The van der Waals surface area contributed by atoms with Crippen LogP contribution in [0.2, 0.25) is 0 Å². The van der Waals surface area contributed by atoms with Crippen LogP contribution in [0.3, 0.4) is 0 Å². The lowest BCUT2D eigenvalue weighted by Crippen LogP contribution is -2.44. The average Bonchev–Trinajstić information content (AvgIpc) is 3.40. The van der Waals surface area contributed by atoms with Crippen molar-refractivity contribution in [2.75, 3.05) is 45.9 Å². The van der Waals surface area contributed by atoms with Crippen molar-refractivity contribution in [3.8, 4) is 0 Å². The highest BCUT2D eigenvalue weighted by molar-refractivity contribution is 7.86. The zero-order valence-corrected chi connectivity index (χ0v) is 17.1. The van der Waals surface area contributed by atoms with Gasteiger partial charge in [-0.2, -0.15) is 17.0 Å². The van der Waals surface area contributed by atoms with Crippen molar-refractivity contribution in [3.63, 3.8) is 0 Å². The van der Waals surface area contributed by atoms with Crippen molar-refractivity contribution >= 4 is 27.5 Å². The largest absolute Gasteiger partial charge is 0.373 e. The highest BCUT2D eigenvalue weighted by Crippen LogP contribution is 2.33. The molecule has 0 aromatic carbocycles. The van der Waals surface area contributed by atoms with Crippen LogP contribution in [-0.2, 0) is 14.9 Å². The van der Waals surface area contributed by atoms with E-state index < -0.39 is 10.2 Å². The topological polar surface area (TPSA) is 70.2 Å². The zero-order valence-electron chi connectivity index (χ0n) is 15.5. The molecule has 0 saturated carbocycles. The van der Waals surface area contributed by atoms with Crippen LogP contribution < -0.4 is 0 Å². The summed E-state index contributed by atoms with van der Waals surface area (Å²) in [4.78, 5) is 16.5. The van der Waals surface area contributed by atoms with Gasteiger partial charge >= 0.3 is 0 Å². The summed E-state index contributed by atoms with van der Waals surface area (Å²) < 4.78 is 34.4. The number of hydrogen-bond acceptors (Lipinski definition) is 5. The number of ether oxygens (including phenoxy) is 1. The van der Waals surface area contributed by atoms with Crippen LogP contribution in [0.5, 0.6) is 0 Å². The Morgan fingerprint density at radius 1 is 0.963 bits per heavy atom. The van der Waals surface area contributed by atoms with Gasteiger partial charge in [-0.05, 0) is 44.2 Å². The second kappa shape index (κ2) is 8.16. The molecule has 0 bridgehead atoms. The number of nitrogens with zero attached hydrogens (tertiary/aromatic N) is 3. The Morgan fingerprint density at radius 2 is 1.70 bits per heavy atom. The standard InChI is InChI=1S/C18H27N3O4S2/c22-18(17-7-6-16(26-17)15-5-3-14-25-15)19-8-4-11-21(13-12-19)27(23,24)20-9-1-2-10-20/h6-7,15H,1-5,8-14H2. The molecular weight excluding hydrogens is 386 g/mol. The van der Waals surface area contributed by atoms with Gasteiger partial charge in [0.25, 0.3) is 16.1 Å². The minimum Gasteiger partial charge on any atom is -0.373 e. The Hall–Kier alpha value is -1.00. The number of amides is 1. The molecule has 1 amide bonds. The van der Waals surface area contributed by atoms with Gasteiger partial charge in [-0.3, -0.25) is 4.79 Å². The minimum absolute atomic E-state index is 0.00432. The van der Waals surface area contributed by atoms with Crippen LogP contribution in [0, 0.1) is 0 Å². The third kappa shape index (κ3) is 4.07. The van der Waals surface area contributed by atoms with Crippen molar-refractivity contribution < 1.29 is 17.9 Å². The highest BCUT2D eigenvalue weighted by Gasteiger charge is 2.33. The first-order valence-corrected chi connectivity index (χ1v) is 12.0. The molecule has 9 heteroatoms. The molecule has 4 rings (SSSR count). The summed E-state index contributed by atoms with van der Waals surface area (Å²) in [5.74, 6) is 0.00432. The first-order valence-electron chi connectivity index (χ1n) is 9.81. The van der Waals surface area contributed by atoms with Gasteiger partial charge < -0.3 is 9.64 Å². The Bertz CT molecular complexity index is 767. The summed E-state index contributed by atoms with van der Waals surface area (Å²) in [6.45, 7) is 3.91. The van der Waals surface area contributed by atoms with Crippen molar-refractivity contribution in [3.05, 3.63) is 21.9 Å². The second-order valence-corrected chi connectivity index (χ2v) is 10.4. The molecule has 4 heterocycles. The van der Waals surface area contributed by atoms with Gasteiger partial charge in [0.1, 0.15) is 0 Å². The van der Waals surface area contributed by atoms with Gasteiger partial charge in [-0.25, -0.2) is 0 Å². The van der Waals surface area contributed by atoms with Crippen LogP contribution in [0.4, 0.5) is 0 Å². The van der Waals surface area contributed by atoms with Crippen molar-refractivity contribution in [1.82, 2.24) is 13.5 Å². The quantitative estimate of drug-likeness (QED) is 0.758. The zero-order chi connectivity index (χ0) is 18.9. The molecule has 3 aliphatic rings. The van der Waals surface area contributed by atoms with Crippen molar-refractivity contribution in [1.29, 1.82) is 0 Å². The summed E-state index contributed by atoms with van der Waals surface area (Å²) >= 11 is 1.51. The van der Waals surface area contributed by atoms with Gasteiger partial charge in [0.15, 0.2) is 0 Å². The number of hydrogen-bond donors (Lipinski definition) is 0. The minimum atomic E-state index is -3.39. The summed E-state index contributed by atoms with van der Waals surface area (Å²) in [6.07, 6.45) is 4.75. The fourth-order valence-electron chi connectivity index (χ4n) is 4.01. The first kappa shape index (κ1) is 19.3. The van der Waals surface area contributed by atoms with E-state index in [0.29, 0.717) is 45.7 Å². The molecule has 1 atom stereocenters. The number of rotatable bonds is 4. The molecule has 3 saturated heterocycles. The van der Waals surface area contributed by atoms with Gasteiger partial charge in [-0.15, -0.1) is 11.3 Å². The maximum atomic E-state index is 12.9. The summed E-state index contributed by atoms with van der Waals surface area (Å²) in [6, 6.07) is 3.88. The molecule has 3 fully saturated rings. The Kier molecular flexibility index (Phi) is 5.84. The predicted molar refractivity (Wildman–Crippen MR) is 104 cm³/mol. The Labute approximate surface area is 165 Å². The van der Waals surface area contributed by atoms with E-state index in [0.717, 1.165) is 42.0 Å². The van der Waals surface area contributed by atoms with E-state index in [1.54, 1.807) is 13.5 Å². The monoisotopic (exact) mass is 413 g/mol. The molecule has 1 aromatic rings. The van der Waals surface area contributed by atoms with Crippen LogP contribution in [-0.4, -0.2) is 73.7 Å². The normalized spacial score (nSPS) is 25.8. The molecule has 0 radical (unpaired) electrons. The molecule has 0 N–H and O–H groups in total. The molecule has 3 aliphatic heterocycles. The maximum Gasteiger partial charge on any atom is 0.282 e. The molecular formula is C18H27N3O4S2. The fourth-order valence-corrected chi connectivity index (χ4v) is 6.79. The first-order chi connectivity index (χ1) is 13.1. The lowest BCUT2D eigenvalue weighted by atomic mass is 10.2. The van der Waals surface area contributed by atoms with E-state index >= 15 is 0 Å². The maximum absolute atomic E-state index is 12.9. The van der Waals surface area contributed by atoms with Crippen LogP contribution >= 0.6 is 11.3 Å². The second-order valence-electron chi connectivity index (χ2n) is 7.36. The van der Waals surface area contributed by atoms with Gasteiger partial charge in [0, 0.05) is 50.8 Å². The lowest BCUT2D eigenvalue weighted by molar-refractivity contribution is 0.0769. The van der Waals surface area contributed by atoms with Crippen molar-refractivity contribution in [2.24, 2.45) is 0 Å². The molecule has 0 spiro atoms. The van der Waals surface area contributed by atoms with Crippen LogP contribution in [0.1, 0.15) is 52.8 Å². The van der Waals surface area contributed by atoms with E-state index in [1.807, 2.05) is 12.1 Å². The number of carbonyl (C=O) groups excluding carboxylic acids is 1. The number of carbonyl (C=O) groups is 1. The summed E-state index contributed by atoms with van der Waals surface area (Å²) in [7, 11) is -3.39. The van der Waals surface area contributed by atoms with E-state index in [2.05, 4.69) is 0 Å². The van der Waals surface area contributed by atoms with Gasteiger partial charge in [0.2, 0.25) is 0 Å². The summed E-state index contributed by atoms with van der Waals surface area (Å²) in [5, 5.41) is 0. The molecule has 1 aromatic heterocycles. The van der Waals surface area contributed by atoms with E-state index in [1.165, 1.54) is 11.3 Å². The smallest absolute Gasteiger partial charge is 0.282 e. The molecule has 1 unspecified atom stereocenters. The molecule has 0 aliphatic carbocycles.